The van der Waals surface area contributed by atoms with Crippen molar-refractivity contribution in [1.29, 1.82) is 5.26 Å². The molecule has 0 amide bonds. The standard InChI is InChI=1S/C17H20ClNO5/c1-4-23-15(20)9-17(11-19,10-16(21)24-5-2)12-6-7-14(22-3)13(18)8-12/h6-8H,4-5,9-10H2,1-3H3. The van der Waals surface area contributed by atoms with Gasteiger partial charge in [0.1, 0.15) is 11.2 Å². The lowest BCUT2D eigenvalue weighted by atomic mass is 9.76. The molecule has 0 aliphatic carbocycles. The Hall–Kier alpha value is -2.26. The van der Waals surface area contributed by atoms with E-state index in [0.29, 0.717) is 11.3 Å². The molecule has 0 spiro atoms. The fraction of sp³-hybridized carbons (Fsp3) is 0.471. The lowest BCUT2D eigenvalue weighted by molar-refractivity contribution is -0.146. The number of esters is 2. The summed E-state index contributed by atoms with van der Waals surface area (Å²) in [6.07, 6.45) is -0.558. The summed E-state index contributed by atoms with van der Waals surface area (Å²) in [5.74, 6) is -0.717. The van der Waals surface area contributed by atoms with Crippen LogP contribution < -0.4 is 4.74 Å². The Morgan fingerprint density at radius 3 is 2.08 bits per heavy atom. The van der Waals surface area contributed by atoms with Crippen molar-refractivity contribution in [2.24, 2.45) is 0 Å². The molecule has 1 aromatic rings. The Morgan fingerprint density at radius 1 is 1.17 bits per heavy atom. The first kappa shape index (κ1) is 19.8. The Kier molecular flexibility index (Phi) is 7.53. The maximum atomic E-state index is 12.0. The van der Waals surface area contributed by atoms with Gasteiger partial charge in [-0.25, -0.2) is 0 Å². The average Bonchev–Trinajstić information content (AvgIpc) is 2.54. The van der Waals surface area contributed by atoms with Gasteiger partial charge in [0, 0.05) is 0 Å². The highest BCUT2D eigenvalue weighted by atomic mass is 35.5. The van der Waals surface area contributed by atoms with E-state index in [1.54, 1.807) is 26.0 Å². The van der Waals surface area contributed by atoms with Crippen molar-refractivity contribution in [1.82, 2.24) is 0 Å². The Morgan fingerprint density at radius 2 is 1.71 bits per heavy atom. The summed E-state index contributed by atoms with van der Waals surface area (Å²) in [6.45, 7) is 3.70. The van der Waals surface area contributed by atoms with Crippen LogP contribution >= 0.6 is 11.6 Å². The zero-order valence-corrected chi connectivity index (χ0v) is 14.7. The number of methoxy groups -OCH3 is 1. The molecule has 130 valence electrons. The average molecular weight is 354 g/mol. The molecule has 0 atom stereocenters. The van der Waals surface area contributed by atoms with Gasteiger partial charge in [0.25, 0.3) is 0 Å². The summed E-state index contributed by atoms with van der Waals surface area (Å²) in [4.78, 5) is 23.9. The number of hydrogen-bond donors (Lipinski definition) is 0. The monoisotopic (exact) mass is 353 g/mol. The summed E-state index contributed by atoms with van der Waals surface area (Å²) in [5, 5.41) is 10.0. The van der Waals surface area contributed by atoms with Gasteiger partial charge in [-0.15, -0.1) is 0 Å². The van der Waals surface area contributed by atoms with Crippen LogP contribution in [0.5, 0.6) is 5.75 Å². The molecule has 0 aliphatic rings. The second kappa shape index (κ2) is 9.14. The van der Waals surface area contributed by atoms with Crippen molar-refractivity contribution in [2.75, 3.05) is 20.3 Å². The molecule has 0 fully saturated rings. The van der Waals surface area contributed by atoms with E-state index in [1.807, 2.05) is 0 Å². The Bertz CT molecular complexity index is 618. The normalized spacial score (nSPS) is 10.6. The lowest BCUT2D eigenvalue weighted by Crippen LogP contribution is -2.32. The Labute approximate surface area is 146 Å². The number of hydrogen-bond acceptors (Lipinski definition) is 6. The van der Waals surface area contributed by atoms with Crippen LogP contribution in [0.15, 0.2) is 18.2 Å². The molecular formula is C17H20ClNO5. The highest BCUT2D eigenvalue weighted by Gasteiger charge is 2.39. The largest absolute Gasteiger partial charge is 0.495 e. The van der Waals surface area contributed by atoms with E-state index in [-0.39, 0.29) is 31.1 Å². The van der Waals surface area contributed by atoms with Gasteiger partial charge in [-0.05, 0) is 31.5 Å². The van der Waals surface area contributed by atoms with E-state index in [0.717, 1.165) is 0 Å². The van der Waals surface area contributed by atoms with E-state index >= 15 is 0 Å². The van der Waals surface area contributed by atoms with Crippen LogP contribution in [0.1, 0.15) is 32.3 Å². The molecule has 0 saturated heterocycles. The van der Waals surface area contributed by atoms with Crippen LogP contribution in [0.3, 0.4) is 0 Å². The third-order valence-corrected chi connectivity index (χ3v) is 3.72. The van der Waals surface area contributed by atoms with Crippen LogP contribution in [0.4, 0.5) is 0 Å². The van der Waals surface area contributed by atoms with E-state index in [4.69, 9.17) is 25.8 Å². The van der Waals surface area contributed by atoms with Crippen LogP contribution in [0, 0.1) is 11.3 Å². The minimum Gasteiger partial charge on any atom is -0.495 e. The third-order valence-electron chi connectivity index (χ3n) is 3.42. The maximum absolute atomic E-state index is 12.0. The van der Waals surface area contributed by atoms with Gasteiger partial charge in [0.05, 0.1) is 44.3 Å². The zero-order chi connectivity index (χ0) is 18.2. The first-order chi connectivity index (χ1) is 11.4. The molecule has 1 aromatic carbocycles. The molecule has 0 bridgehead atoms. The third kappa shape index (κ3) is 4.87. The minimum atomic E-state index is -1.42. The van der Waals surface area contributed by atoms with Crippen molar-refractivity contribution < 1.29 is 23.8 Å². The molecule has 0 unspecified atom stereocenters. The quantitative estimate of drug-likeness (QED) is 0.668. The van der Waals surface area contributed by atoms with E-state index in [2.05, 4.69) is 6.07 Å². The van der Waals surface area contributed by atoms with Crippen LogP contribution in [0.2, 0.25) is 5.02 Å². The van der Waals surface area contributed by atoms with Crippen LogP contribution in [0.25, 0.3) is 0 Å². The summed E-state index contributed by atoms with van der Waals surface area (Å²) < 4.78 is 15.0. The minimum absolute atomic E-state index is 0.184. The molecule has 24 heavy (non-hydrogen) atoms. The highest BCUT2D eigenvalue weighted by molar-refractivity contribution is 6.32. The number of carbonyl (C=O) groups excluding carboxylic acids is 2. The highest BCUT2D eigenvalue weighted by Crippen LogP contribution is 2.36. The molecule has 6 nitrogen and oxygen atoms in total. The number of nitrogens with zero attached hydrogens (tertiary/aromatic N) is 1. The predicted molar refractivity (Wildman–Crippen MR) is 87.8 cm³/mol. The summed E-state index contributed by atoms with van der Waals surface area (Å²) in [6, 6.07) is 6.78. The molecular weight excluding hydrogens is 334 g/mol. The fourth-order valence-electron chi connectivity index (χ4n) is 2.29. The van der Waals surface area contributed by atoms with Crippen molar-refractivity contribution >= 4 is 23.5 Å². The number of carbonyl (C=O) groups is 2. The summed E-state index contributed by atoms with van der Waals surface area (Å²) in [5.41, 5.74) is -0.995. The molecule has 1 rings (SSSR count). The number of nitriles is 1. The van der Waals surface area contributed by atoms with E-state index in [9.17, 15) is 14.9 Å². The first-order valence-corrected chi connectivity index (χ1v) is 7.86. The summed E-state index contributed by atoms with van der Waals surface area (Å²) in [7, 11) is 1.47. The van der Waals surface area contributed by atoms with Gasteiger partial charge in [0.15, 0.2) is 0 Å². The molecule has 0 aromatic heterocycles. The van der Waals surface area contributed by atoms with Crippen LogP contribution in [-0.2, 0) is 24.5 Å². The summed E-state index contributed by atoms with van der Waals surface area (Å²) >= 11 is 6.12. The molecule has 0 heterocycles. The van der Waals surface area contributed by atoms with Gasteiger partial charge in [-0.2, -0.15) is 5.26 Å². The van der Waals surface area contributed by atoms with E-state index < -0.39 is 17.4 Å². The zero-order valence-electron chi connectivity index (χ0n) is 13.9. The fourth-order valence-corrected chi connectivity index (χ4v) is 2.55. The van der Waals surface area contributed by atoms with Gasteiger partial charge < -0.3 is 14.2 Å². The maximum Gasteiger partial charge on any atom is 0.307 e. The lowest BCUT2D eigenvalue weighted by Gasteiger charge is -2.25. The topological polar surface area (TPSA) is 85.6 Å². The van der Waals surface area contributed by atoms with Gasteiger partial charge in [-0.3, -0.25) is 9.59 Å². The molecule has 0 N–H and O–H groups in total. The second-order valence-corrected chi connectivity index (χ2v) is 5.41. The SMILES string of the molecule is CCOC(=O)CC(C#N)(CC(=O)OCC)c1ccc(OC)c(Cl)c1. The van der Waals surface area contributed by atoms with Crippen LogP contribution in [-0.4, -0.2) is 32.3 Å². The number of halogens is 1. The van der Waals surface area contributed by atoms with Crippen molar-refractivity contribution in [3.8, 4) is 11.8 Å². The van der Waals surface area contributed by atoms with E-state index in [1.165, 1.54) is 13.2 Å². The smallest absolute Gasteiger partial charge is 0.307 e. The number of rotatable bonds is 8. The number of benzene rings is 1. The number of ether oxygens (including phenoxy) is 3. The van der Waals surface area contributed by atoms with Gasteiger partial charge >= 0.3 is 11.9 Å². The Balaban J connectivity index is 3.29. The second-order valence-electron chi connectivity index (χ2n) is 5.01. The van der Waals surface area contributed by atoms with Crippen molar-refractivity contribution in [2.45, 2.75) is 32.1 Å². The molecule has 0 aliphatic heterocycles. The van der Waals surface area contributed by atoms with Gasteiger partial charge in [-0.1, -0.05) is 17.7 Å². The molecule has 7 heteroatoms. The van der Waals surface area contributed by atoms with Crippen molar-refractivity contribution in [3.05, 3.63) is 28.8 Å². The first-order valence-electron chi connectivity index (χ1n) is 7.49. The molecule has 0 radical (unpaired) electrons. The molecule has 0 saturated carbocycles. The van der Waals surface area contributed by atoms with Crippen molar-refractivity contribution in [3.63, 3.8) is 0 Å². The van der Waals surface area contributed by atoms with Gasteiger partial charge in [0.2, 0.25) is 0 Å². The predicted octanol–water partition coefficient (Wildman–Crippen LogP) is 3.02.